The Labute approximate surface area is 120 Å². The van der Waals surface area contributed by atoms with E-state index < -0.39 is 0 Å². The Bertz CT molecular complexity index is 526. The molecule has 0 amide bonds. The van der Waals surface area contributed by atoms with Crippen molar-refractivity contribution in [3.05, 3.63) is 34.8 Å². The molecule has 0 fully saturated rings. The van der Waals surface area contributed by atoms with E-state index in [0.29, 0.717) is 0 Å². The standard InChI is InChI=1S/C16H22N2S/c1-5-6-7-15-12(2)17-16(19-15)13-8-10-14(11-9-13)18(3)4/h8-11H,5-7H2,1-4H3. The summed E-state index contributed by atoms with van der Waals surface area (Å²) < 4.78 is 0. The molecule has 0 bridgehead atoms. The van der Waals surface area contributed by atoms with Crippen molar-refractivity contribution in [1.29, 1.82) is 0 Å². The molecule has 2 nitrogen and oxygen atoms in total. The molecule has 0 aliphatic carbocycles. The highest BCUT2D eigenvalue weighted by Crippen LogP contribution is 2.30. The van der Waals surface area contributed by atoms with E-state index >= 15 is 0 Å². The lowest BCUT2D eigenvalue weighted by molar-refractivity contribution is 0.798. The molecule has 1 heterocycles. The van der Waals surface area contributed by atoms with E-state index in [-0.39, 0.29) is 0 Å². The molecule has 3 heteroatoms. The molecule has 0 saturated heterocycles. The second-order valence-electron chi connectivity index (χ2n) is 5.07. The summed E-state index contributed by atoms with van der Waals surface area (Å²) in [6.45, 7) is 4.36. The van der Waals surface area contributed by atoms with E-state index in [0.717, 1.165) is 11.4 Å². The number of anilines is 1. The first kappa shape index (κ1) is 14.1. The molecule has 0 N–H and O–H groups in total. The normalized spacial score (nSPS) is 10.7. The van der Waals surface area contributed by atoms with Gasteiger partial charge in [0.15, 0.2) is 0 Å². The second kappa shape index (κ2) is 6.20. The highest BCUT2D eigenvalue weighted by Gasteiger charge is 2.09. The SMILES string of the molecule is CCCCc1sc(-c2ccc(N(C)C)cc2)nc1C. The van der Waals surface area contributed by atoms with Gasteiger partial charge in [-0.3, -0.25) is 0 Å². The molecule has 0 unspecified atom stereocenters. The largest absolute Gasteiger partial charge is 0.378 e. The fourth-order valence-electron chi connectivity index (χ4n) is 2.02. The first-order valence-electron chi connectivity index (χ1n) is 6.86. The minimum Gasteiger partial charge on any atom is -0.378 e. The average Bonchev–Trinajstić information content (AvgIpc) is 2.78. The van der Waals surface area contributed by atoms with Crippen molar-refractivity contribution in [2.45, 2.75) is 33.1 Å². The number of thiazole rings is 1. The highest BCUT2D eigenvalue weighted by molar-refractivity contribution is 7.15. The van der Waals surface area contributed by atoms with Gasteiger partial charge < -0.3 is 4.90 Å². The maximum Gasteiger partial charge on any atom is 0.123 e. The van der Waals surface area contributed by atoms with Crippen LogP contribution in [0.2, 0.25) is 0 Å². The molecule has 1 aromatic heterocycles. The fraction of sp³-hybridized carbons (Fsp3) is 0.438. The quantitative estimate of drug-likeness (QED) is 0.796. The Morgan fingerprint density at radius 2 is 1.84 bits per heavy atom. The lowest BCUT2D eigenvalue weighted by Gasteiger charge is -2.11. The topological polar surface area (TPSA) is 16.1 Å². The van der Waals surface area contributed by atoms with Gasteiger partial charge in [-0.05, 0) is 44.0 Å². The summed E-state index contributed by atoms with van der Waals surface area (Å²) >= 11 is 1.84. The highest BCUT2D eigenvalue weighted by atomic mass is 32.1. The molecular formula is C16H22N2S. The molecule has 0 aliphatic rings. The van der Waals surface area contributed by atoms with Crippen LogP contribution in [-0.4, -0.2) is 19.1 Å². The number of rotatable bonds is 5. The zero-order chi connectivity index (χ0) is 13.8. The van der Waals surface area contributed by atoms with Crippen molar-refractivity contribution in [3.8, 4) is 10.6 Å². The Kier molecular flexibility index (Phi) is 4.59. The van der Waals surface area contributed by atoms with Crippen LogP contribution in [-0.2, 0) is 6.42 Å². The Hall–Kier alpha value is -1.35. The summed E-state index contributed by atoms with van der Waals surface area (Å²) in [4.78, 5) is 8.27. The van der Waals surface area contributed by atoms with Crippen LogP contribution in [0.25, 0.3) is 10.6 Å². The van der Waals surface area contributed by atoms with Crippen LogP contribution < -0.4 is 4.90 Å². The minimum atomic E-state index is 1.15. The van der Waals surface area contributed by atoms with Gasteiger partial charge in [0.2, 0.25) is 0 Å². The zero-order valence-electron chi connectivity index (χ0n) is 12.2. The summed E-state index contributed by atoms with van der Waals surface area (Å²) in [6.07, 6.45) is 3.65. The molecule has 2 aromatic rings. The monoisotopic (exact) mass is 274 g/mol. The van der Waals surface area contributed by atoms with Gasteiger partial charge in [0, 0.05) is 30.2 Å². The van der Waals surface area contributed by atoms with Crippen molar-refractivity contribution < 1.29 is 0 Å². The fourth-order valence-corrected chi connectivity index (χ4v) is 3.13. The number of unbranched alkanes of at least 4 members (excludes halogenated alkanes) is 1. The summed E-state index contributed by atoms with van der Waals surface area (Å²) in [7, 11) is 4.12. The van der Waals surface area contributed by atoms with E-state index in [1.54, 1.807) is 0 Å². The van der Waals surface area contributed by atoms with E-state index in [9.17, 15) is 0 Å². The number of benzene rings is 1. The Morgan fingerprint density at radius 1 is 1.16 bits per heavy atom. The van der Waals surface area contributed by atoms with Gasteiger partial charge in [-0.15, -0.1) is 11.3 Å². The zero-order valence-corrected chi connectivity index (χ0v) is 13.0. The van der Waals surface area contributed by atoms with Gasteiger partial charge in [0.05, 0.1) is 5.69 Å². The van der Waals surface area contributed by atoms with Crippen LogP contribution in [0.3, 0.4) is 0 Å². The summed E-state index contributed by atoms with van der Waals surface area (Å²) in [5.74, 6) is 0. The summed E-state index contributed by atoms with van der Waals surface area (Å²) in [5.41, 5.74) is 3.65. The summed E-state index contributed by atoms with van der Waals surface area (Å²) in [5, 5.41) is 1.15. The average molecular weight is 274 g/mol. The molecule has 0 radical (unpaired) electrons. The van der Waals surface area contributed by atoms with Crippen molar-refractivity contribution in [2.24, 2.45) is 0 Å². The third-order valence-corrected chi connectivity index (χ3v) is 4.55. The van der Waals surface area contributed by atoms with Crippen LogP contribution in [0.5, 0.6) is 0 Å². The van der Waals surface area contributed by atoms with Gasteiger partial charge >= 0.3 is 0 Å². The second-order valence-corrected chi connectivity index (χ2v) is 6.16. The lowest BCUT2D eigenvalue weighted by Crippen LogP contribution is -2.07. The van der Waals surface area contributed by atoms with E-state index in [4.69, 9.17) is 4.98 Å². The lowest BCUT2D eigenvalue weighted by atomic mass is 10.2. The van der Waals surface area contributed by atoms with Crippen molar-refractivity contribution >= 4 is 17.0 Å². The van der Waals surface area contributed by atoms with Crippen LogP contribution in [0.4, 0.5) is 5.69 Å². The van der Waals surface area contributed by atoms with Crippen LogP contribution in [0.15, 0.2) is 24.3 Å². The first-order chi connectivity index (χ1) is 9.11. The van der Waals surface area contributed by atoms with Crippen LogP contribution >= 0.6 is 11.3 Å². The first-order valence-corrected chi connectivity index (χ1v) is 7.67. The van der Waals surface area contributed by atoms with Crippen molar-refractivity contribution in [2.75, 3.05) is 19.0 Å². The molecule has 0 atom stereocenters. The molecule has 102 valence electrons. The molecule has 0 spiro atoms. The van der Waals surface area contributed by atoms with Crippen molar-refractivity contribution in [3.63, 3.8) is 0 Å². The predicted octanol–water partition coefficient (Wildman–Crippen LogP) is 4.53. The maximum absolute atomic E-state index is 4.71. The third-order valence-electron chi connectivity index (χ3n) is 3.28. The van der Waals surface area contributed by atoms with Crippen molar-refractivity contribution in [1.82, 2.24) is 4.98 Å². The van der Waals surface area contributed by atoms with Gasteiger partial charge in [-0.25, -0.2) is 4.98 Å². The molecule has 2 rings (SSSR count). The molecule has 1 aromatic carbocycles. The smallest absolute Gasteiger partial charge is 0.123 e. The Morgan fingerprint density at radius 3 is 2.42 bits per heavy atom. The Balaban J connectivity index is 2.21. The number of hydrogen-bond acceptors (Lipinski definition) is 3. The number of aromatic nitrogens is 1. The van der Waals surface area contributed by atoms with Crippen LogP contribution in [0, 0.1) is 6.92 Å². The number of nitrogens with zero attached hydrogens (tertiary/aromatic N) is 2. The molecule has 0 saturated carbocycles. The van der Waals surface area contributed by atoms with Gasteiger partial charge in [-0.2, -0.15) is 0 Å². The minimum absolute atomic E-state index is 1.15. The van der Waals surface area contributed by atoms with E-state index in [1.165, 1.54) is 34.7 Å². The number of aryl methyl sites for hydroxylation is 2. The predicted molar refractivity (Wildman–Crippen MR) is 85.2 cm³/mol. The number of hydrogen-bond donors (Lipinski definition) is 0. The molecular weight excluding hydrogens is 252 g/mol. The van der Waals surface area contributed by atoms with Gasteiger partial charge in [0.25, 0.3) is 0 Å². The van der Waals surface area contributed by atoms with E-state index in [2.05, 4.69) is 57.1 Å². The maximum atomic E-state index is 4.71. The van der Waals surface area contributed by atoms with Crippen LogP contribution in [0.1, 0.15) is 30.3 Å². The van der Waals surface area contributed by atoms with E-state index in [1.807, 2.05) is 11.3 Å². The molecule has 19 heavy (non-hydrogen) atoms. The van der Waals surface area contributed by atoms with Gasteiger partial charge in [-0.1, -0.05) is 13.3 Å². The third kappa shape index (κ3) is 3.35. The molecule has 0 aliphatic heterocycles. The van der Waals surface area contributed by atoms with Gasteiger partial charge in [0.1, 0.15) is 5.01 Å². The summed E-state index contributed by atoms with van der Waals surface area (Å²) in [6, 6.07) is 8.63.